The fourth-order valence-corrected chi connectivity index (χ4v) is 7.62. The van der Waals surface area contributed by atoms with E-state index in [1.54, 1.807) is 0 Å². The number of carbonyl (C=O) groups excluding carboxylic acids is 6. The molecular formula is C35H50N12O8. The molecular weight excluding hydrogens is 716 g/mol. The molecule has 3 fully saturated rings. The minimum absolute atomic E-state index is 0.0257. The first-order valence-corrected chi connectivity index (χ1v) is 18.5. The zero-order valence-corrected chi connectivity index (χ0v) is 30.6. The number of amides is 6. The van der Waals surface area contributed by atoms with Crippen molar-refractivity contribution < 1.29 is 38.2 Å². The predicted octanol–water partition coefficient (Wildman–Crippen LogP) is -1.09. The molecule has 5 rings (SSSR count). The summed E-state index contributed by atoms with van der Waals surface area (Å²) in [4.78, 5) is 89.0. The maximum Gasteiger partial charge on any atom is 0.296 e. The Balaban J connectivity index is 1.16. The average molecular weight is 767 g/mol. The second-order valence-electron chi connectivity index (χ2n) is 13.8. The normalized spacial score (nSPS) is 23.3. The van der Waals surface area contributed by atoms with Gasteiger partial charge in [-0.15, -0.1) is 0 Å². The van der Waals surface area contributed by atoms with Crippen LogP contribution in [0.5, 0.6) is 0 Å². The Morgan fingerprint density at radius 1 is 0.636 bits per heavy atom. The van der Waals surface area contributed by atoms with Crippen molar-refractivity contribution in [2.24, 2.45) is 56.6 Å². The molecule has 298 valence electrons. The lowest BCUT2D eigenvalue weighted by molar-refractivity contribution is -0.140. The Bertz CT molecular complexity index is 1680. The molecule has 2 aromatic heterocycles. The number of aromatic nitrogens is 2. The van der Waals surface area contributed by atoms with Gasteiger partial charge in [-0.1, -0.05) is 32.6 Å². The predicted molar refractivity (Wildman–Crippen MR) is 198 cm³/mol. The number of nitrogens with two attached hydrogens (primary N) is 4. The number of carbonyl (C=O) groups is 6. The van der Waals surface area contributed by atoms with E-state index in [4.69, 9.17) is 32.4 Å². The molecule has 2 aliphatic carbocycles. The summed E-state index contributed by atoms with van der Waals surface area (Å²) in [6.45, 7) is 2.43. The van der Waals surface area contributed by atoms with E-state index in [9.17, 15) is 28.8 Å². The van der Waals surface area contributed by atoms with Gasteiger partial charge in [0.2, 0.25) is 11.8 Å². The van der Waals surface area contributed by atoms with Crippen molar-refractivity contribution in [1.82, 2.24) is 31.2 Å². The number of fused-ring (bicyclic) bond motifs is 5. The largest absolute Gasteiger partial charge is 0.370 e. The molecule has 14 N–H and O–H groups in total. The summed E-state index contributed by atoms with van der Waals surface area (Å²) in [5.74, 6) is -5.94. The number of aromatic amines is 2. The van der Waals surface area contributed by atoms with Crippen molar-refractivity contribution in [3.63, 3.8) is 0 Å². The molecule has 0 aromatic carbocycles. The van der Waals surface area contributed by atoms with E-state index in [1.807, 2.05) is 0 Å². The highest BCUT2D eigenvalue weighted by molar-refractivity contribution is 6.03. The number of hydrogen-bond donors (Lipinski definition) is 10. The summed E-state index contributed by atoms with van der Waals surface area (Å²) in [7, 11) is 0. The van der Waals surface area contributed by atoms with E-state index >= 15 is 0 Å². The zero-order chi connectivity index (χ0) is 39.6. The second-order valence-corrected chi connectivity index (χ2v) is 13.8. The van der Waals surface area contributed by atoms with Gasteiger partial charge in [0.25, 0.3) is 23.6 Å². The first-order valence-electron chi connectivity index (χ1n) is 18.5. The highest BCUT2D eigenvalue weighted by Crippen LogP contribution is 2.57. The lowest BCUT2D eigenvalue weighted by Gasteiger charge is -2.34. The third-order valence-corrected chi connectivity index (χ3v) is 9.99. The van der Waals surface area contributed by atoms with Gasteiger partial charge >= 0.3 is 0 Å². The molecule has 20 nitrogen and oxygen atoms in total. The van der Waals surface area contributed by atoms with E-state index in [2.05, 4.69) is 48.1 Å². The van der Waals surface area contributed by atoms with Crippen LogP contribution < -0.4 is 44.2 Å². The maximum absolute atomic E-state index is 13.8. The average Bonchev–Trinajstić information content (AvgIpc) is 3.97. The zero-order valence-electron chi connectivity index (χ0n) is 30.6. The second kappa shape index (κ2) is 18.5. The Labute approximate surface area is 316 Å². The molecule has 2 bridgehead atoms. The molecule has 1 aliphatic heterocycles. The molecule has 1 unspecified atom stereocenters. The molecule has 3 aliphatic rings. The maximum atomic E-state index is 13.8. The van der Waals surface area contributed by atoms with E-state index < -0.39 is 53.7 Å². The van der Waals surface area contributed by atoms with Crippen LogP contribution in [0.3, 0.4) is 0 Å². The molecule has 55 heavy (non-hydrogen) atoms. The van der Waals surface area contributed by atoms with E-state index in [0.717, 1.165) is 32.1 Å². The first kappa shape index (κ1) is 40.4. The van der Waals surface area contributed by atoms with E-state index in [0.29, 0.717) is 6.42 Å². The molecule has 1 saturated heterocycles. The number of nitrogens with one attached hydrogen (secondary N) is 6. The van der Waals surface area contributed by atoms with Gasteiger partial charge in [0, 0.05) is 38.0 Å². The third kappa shape index (κ3) is 10.1. The van der Waals surface area contributed by atoms with Crippen LogP contribution in [-0.4, -0.2) is 102 Å². The minimum atomic E-state index is -0.733. The highest BCUT2D eigenvalue weighted by Gasteiger charge is 2.66. The van der Waals surface area contributed by atoms with Crippen molar-refractivity contribution in [2.75, 3.05) is 26.2 Å². The number of guanidine groups is 2. The van der Waals surface area contributed by atoms with Crippen LogP contribution in [0.15, 0.2) is 34.3 Å². The lowest BCUT2D eigenvalue weighted by Crippen LogP contribution is -2.52. The van der Waals surface area contributed by atoms with Gasteiger partial charge in [-0.2, -0.15) is 9.98 Å². The number of ether oxygens (including phenoxy) is 2. The van der Waals surface area contributed by atoms with Crippen molar-refractivity contribution in [3.8, 4) is 0 Å². The topological polar surface area (TPSA) is 329 Å². The van der Waals surface area contributed by atoms with Crippen LogP contribution >= 0.6 is 0 Å². The fraction of sp³-hybridized carbons (Fsp3) is 0.543. The molecule has 7 atom stereocenters. The van der Waals surface area contributed by atoms with Gasteiger partial charge < -0.3 is 63.6 Å². The highest BCUT2D eigenvalue weighted by atomic mass is 16.7. The Kier molecular flexibility index (Phi) is 13.6. The molecule has 20 heteroatoms. The van der Waals surface area contributed by atoms with Crippen LogP contribution in [0.2, 0.25) is 0 Å². The number of hydrogen-bond acceptors (Lipinski definition) is 8. The molecule has 2 aromatic rings. The smallest absolute Gasteiger partial charge is 0.296 e. The Morgan fingerprint density at radius 2 is 1.05 bits per heavy atom. The molecule has 3 heterocycles. The van der Waals surface area contributed by atoms with Crippen molar-refractivity contribution in [2.45, 2.75) is 70.4 Å². The van der Waals surface area contributed by atoms with Crippen molar-refractivity contribution in [1.29, 1.82) is 0 Å². The quantitative estimate of drug-likeness (QED) is 0.0492. The first-order chi connectivity index (χ1) is 26.4. The van der Waals surface area contributed by atoms with Crippen LogP contribution in [0.25, 0.3) is 0 Å². The van der Waals surface area contributed by atoms with Crippen LogP contribution in [-0.2, 0) is 19.1 Å². The third-order valence-electron chi connectivity index (χ3n) is 9.99. The summed E-state index contributed by atoms with van der Waals surface area (Å²) < 4.78 is 12.7. The van der Waals surface area contributed by atoms with Gasteiger partial charge in [0.05, 0.1) is 24.0 Å². The van der Waals surface area contributed by atoms with E-state index in [-0.39, 0.29) is 84.8 Å². The molecule has 6 amide bonds. The summed E-state index contributed by atoms with van der Waals surface area (Å²) in [6, 6.07) is 5.55. The lowest BCUT2D eigenvalue weighted by atomic mass is 9.75. The molecule has 0 radical (unpaired) electrons. The standard InChI is InChI=1S/C35H50N12O8/c1-2-3-4-5-6-7-23-54-26-17-16-18(27(26)55-23)25(33(53)43-15-13-41-29(49)20-9-11-22(45-20)31(51)47-35(38)39)24(17)32(52)42-14-12-40-28(48)19-8-10-21(44-19)30(50)46-34(36)37/h8-11,17-18,23-27,44-45H,2-7,12-16H2,1H3,(H,40,48)(H,41,49)(H,42,52)(H,43,53)(H4,36,37,46,50)(H4,38,39,47,51)/t17-,18+,23?,24-,25-,26-,27+/m1/s1. The minimum Gasteiger partial charge on any atom is -0.370 e. The number of aliphatic imine (C=N–C) groups is 2. The van der Waals surface area contributed by atoms with Crippen molar-refractivity contribution >= 4 is 47.4 Å². The van der Waals surface area contributed by atoms with E-state index in [1.165, 1.54) is 30.7 Å². The molecule has 0 spiro atoms. The van der Waals surface area contributed by atoms with Gasteiger partial charge in [-0.05, 0) is 43.5 Å². The fourth-order valence-electron chi connectivity index (χ4n) is 7.62. The summed E-state index contributed by atoms with van der Waals surface area (Å²) in [5, 5.41) is 11.1. The van der Waals surface area contributed by atoms with Crippen LogP contribution in [0, 0.1) is 23.7 Å². The summed E-state index contributed by atoms with van der Waals surface area (Å²) in [6.07, 6.45) is 5.75. The number of nitrogens with zero attached hydrogens (tertiary/aromatic N) is 2. The number of H-pyrrole nitrogens is 2. The van der Waals surface area contributed by atoms with Crippen molar-refractivity contribution in [3.05, 3.63) is 47.0 Å². The SMILES string of the molecule is CCCCCCCC1O[C@@H]2[C@@H]3C[C@H]([C@@H]2O1)[C@@H](C(=O)NCCNC(=O)c1ccc(C(=O)N=C(N)N)[nH]1)[C@@H]3C(=O)NCCNC(=O)c1ccc(C(=O)N=C(N)N)[nH]1. The van der Waals surface area contributed by atoms with Gasteiger partial charge in [0.1, 0.15) is 22.8 Å². The Hall–Kier alpha value is -5.76. The number of unbranched alkanes of at least 4 members (excludes halogenated alkanes) is 4. The van der Waals surface area contributed by atoms with Gasteiger partial charge in [0.15, 0.2) is 18.2 Å². The number of rotatable bonds is 18. The summed E-state index contributed by atoms with van der Waals surface area (Å²) in [5.41, 5.74) is 21.2. The monoisotopic (exact) mass is 766 g/mol. The van der Waals surface area contributed by atoms with Crippen LogP contribution in [0.1, 0.15) is 93.8 Å². The van der Waals surface area contributed by atoms with Gasteiger partial charge in [-0.25, -0.2) is 0 Å². The Morgan fingerprint density at radius 3 is 1.49 bits per heavy atom. The van der Waals surface area contributed by atoms with Gasteiger partial charge in [-0.3, -0.25) is 28.8 Å². The summed E-state index contributed by atoms with van der Waals surface area (Å²) >= 11 is 0. The molecule has 2 saturated carbocycles. The van der Waals surface area contributed by atoms with Crippen LogP contribution in [0.4, 0.5) is 0 Å².